The Hall–Kier alpha value is -1.88. The van der Waals surface area contributed by atoms with Crippen molar-refractivity contribution < 1.29 is 13.2 Å². The first-order chi connectivity index (χ1) is 8.66. The van der Waals surface area contributed by atoms with Crippen molar-refractivity contribution in [2.75, 3.05) is 0 Å². The van der Waals surface area contributed by atoms with E-state index in [0.29, 0.717) is 5.52 Å². The van der Waals surface area contributed by atoms with Crippen LogP contribution in [0.1, 0.15) is 0 Å². The normalized spacial score (nSPS) is 11.1. The van der Waals surface area contributed by atoms with Gasteiger partial charge in [-0.15, -0.1) is 11.3 Å². The maximum atomic E-state index is 13.6. The van der Waals surface area contributed by atoms with Crippen LogP contribution in [-0.2, 0) is 0 Å². The summed E-state index contributed by atoms with van der Waals surface area (Å²) in [7, 11) is 0. The third-order valence-corrected chi connectivity index (χ3v) is 3.61. The minimum atomic E-state index is -1.20. The number of hydrogen-bond acceptors (Lipinski definition) is 2. The summed E-state index contributed by atoms with van der Waals surface area (Å²) in [5.74, 6) is -3.09. The number of halogens is 3. The lowest BCUT2D eigenvalue weighted by atomic mass is 10.2. The molecule has 1 aromatic heterocycles. The van der Waals surface area contributed by atoms with Gasteiger partial charge in [-0.2, -0.15) is 0 Å². The van der Waals surface area contributed by atoms with E-state index in [1.54, 1.807) is 18.2 Å². The van der Waals surface area contributed by atoms with E-state index in [9.17, 15) is 13.2 Å². The quantitative estimate of drug-likeness (QED) is 0.595. The Labute approximate surface area is 105 Å². The zero-order valence-corrected chi connectivity index (χ0v) is 9.77. The third-order valence-electron chi connectivity index (χ3n) is 2.55. The van der Waals surface area contributed by atoms with E-state index in [1.165, 1.54) is 0 Å². The van der Waals surface area contributed by atoms with Crippen LogP contribution < -0.4 is 0 Å². The van der Waals surface area contributed by atoms with Gasteiger partial charge in [-0.3, -0.25) is 0 Å². The van der Waals surface area contributed by atoms with Crippen LogP contribution in [0.25, 0.3) is 20.8 Å². The Morgan fingerprint density at radius 3 is 2.39 bits per heavy atom. The molecule has 0 amide bonds. The van der Waals surface area contributed by atoms with Crippen molar-refractivity contribution in [3.05, 3.63) is 53.8 Å². The van der Waals surface area contributed by atoms with Gasteiger partial charge in [0.2, 0.25) is 0 Å². The Balaban J connectivity index is 2.29. The molecule has 3 rings (SSSR count). The van der Waals surface area contributed by atoms with Crippen molar-refractivity contribution >= 4 is 21.6 Å². The summed E-state index contributed by atoms with van der Waals surface area (Å²) in [5.41, 5.74) is 0.233. The maximum Gasteiger partial charge on any atom is 0.172 e. The third kappa shape index (κ3) is 1.67. The van der Waals surface area contributed by atoms with Crippen LogP contribution in [0.5, 0.6) is 0 Å². The molecule has 0 atom stereocenters. The average molecular weight is 265 g/mol. The molecule has 1 heterocycles. The van der Waals surface area contributed by atoms with Gasteiger partial charge in [-0.05, 0) is 24.3 Å². The SMILES string of the molecule is Fc1ccc(F)c(-c2nc3ccccc3s2)c1F. The van der Waals surface area contributed by atoms with Gasteiger partial charge in [0.15, 0.2) is 11.6 Å². The molecule has 2 aromatic carbocycles. The van der Waals surface area contributed by atoms with Gasteiger partial charge in [0.05, 0.1) is 15.8 Å². The van der Waals surface area contributed by atoms with Gasteiger partial charge in [0, 0.05) is 0 Å². The van der Waals surface area contributed by atoms with Gasteiger partial charge in [-0.25, -0.2) is 18.2 Å². The summed E-state index contributed by atoms with van der Waals surface area (Å²) in [6.07, 6.45) is 0. The first-order valence-electron chi connectivity index (χ1n) is 5.16. The van der Waals surface area contributed by atoms with Crippen LogP contribution in [0.4, 0.5) is 13.2 Å². The molecule has 3 aromatic rings. The molecule has 0 saturated heterocycles. The van der Waals surface area contributed by atoms with Gasteiger partial charge in [0.1, 0.15) is 10.8 Å². The molecule has 0 N–H and O–H groups in total. The smallest absolute Gasteiger partial charge is 0.172 e. The summed E-state index contributed by atoms with van der Waals surface area (Å²) < 4.78 is 41.2. The molecule has 0 unspecified atom stereocenters. The van der Waals surface area contributed by atoms with E-state index in [-0.39, 0.29) is 5.01 Å². The molecule has 0 radical (unpaired) electrons. The molecule has 0 bridgehead atoms. The number of aromatic nitrogens is 1. The highest BCUT2D eigenvalue weighted by Crippen LogP contribution is 2.33. The van der Waals surface area contributed by atoms with Crippen molar-refractivity contribution in [2.45, 2.75) is 0 Å². The van der Waals surface area contributed by atoms with E-state index in [1.807, 2.05) is 6.07 Å². The number of hydrogen-bond donors (Lipinski definition) is 0. The first kappa shape index (κ1) is 11.2. The topological polar surface area (TPSA) is 12.9 Å². The Kier molecular flexibility index (Phi) is 2.56. The number of rotatable bonds is 1. The van der Waals surface area contributed by atoms with Crippen molar-refractivity contribution in [3.63, 3.8) is 0 Å². The monoisotopic (exact) mass is 265 g/mol. The minimum Gasteiger partial charge on any atom is -0.236 e. The zero-order valence-electron chi connectivity index (χ0n) is 8.95. The molecule has 0 saturated carbocycles. The molecule has 0 spiro atoms. The largest absolute Gasteiger partial charge is 0.236 e. The van der Waals surface area contributed by atoms with Gasteiger partial charge < -0.3 is 0 Å². The molecule has 0 aliphatic carbocycles. The van der Waals surface area contributed by atoms with Crippen LogP contribution in [0.15, 0.2) is 36.4 Å². The second-order valence-corrected chi connectivity index (χ2v) is 4.74. The van der Waals surface area contributed by atoms with Crippen molar-refractivity contribution in [3.8, 4) is 10.6 Å². The second-order valence-electron chi connectivity index (χ2n) is 3.70. The van der Waals surface area contributed by atoms with E-state index >= 15 is 0 Å². The van der Waals surface area contributed by atoms with Crippen LogP contribution in [-0.4, -0.2) is 4.98 Å². The predicted octanol–water partition coefficient (Wildman–Crippen LogP) is 4.38. The lowest BCUT2D eigenvalue weighted by Gasteiger charge is -2.01. The van der Waals surface area contributed by atoms with Gasteiger partial charge in [0.25, 0.3) is 0 Å². The average Bonchev–Trinajstić information content (AvgIpc) is 2.77. The van der Waals surface area contributed by atoms with Crippen molar-refractivity contribution in [1.29, 1.82) is 0 Å². The standard InChI is InChI=1S/C13H6F3NS/c14-7-5-6-8(15)12(16)11(7)13-17-9-3-1-2-4-10(9)18-13/h1-6H. The van der Waals surface area contributed by atoms with Crippen LogP contribution in [0, 0.1) is 17.5 Å². The molecule has 18 heavy (non-hydrogen) atoms. The van der Waals surface area contributed by atoms with Crippen LogP contribution in [0.2, 0.25) is 0 Å². The molecule has 0 fully saturated rings. The summed E-state index contributed by atoms with van der Waals surface area (Å²) in [6, 6.07) is 8.80. The first-order valence-corrected chi connectivity index (χ1v) is 5.98. The van der Waals surface area contributed by atoms with Crippen molar-refractivity contribution in [2.24, 2.45) is 0 Å². The number of para-hydroxylation sites is 1. The summed E-state index contributed by atoms with van der Waals surface area (Å²) >= 11 is 1.13. The summed E-state index contributed by atoms with van der Waals surface area (Å²) in [6.45, 7) is 0. The van der Waals surface area contributed by atoms with Gasteiger partial charge >= 0.3 is 0 Å². The summed E-state index contributed by atoms with van der Waals surface area (Å²) in [4.78, 5) is 4.12. The Bertz CT molecular complexity index is 703. The highest BCUT2D eigenvalue weighted by atomic mass is 32.1. The van der Waals surface area contributed by atoms with Gasteiger partial charge in [-0.1, -0.05) is 12.1 Å². The summed E-state index contributed by atoms with van der Waals surface area (Å²) in [5, 5.41) is 0.144. The van der Waals surface area contributed by atoms with E-state index in [0.717, 1.165) is 28.2 Å². The van der Waals surface area contributed by atoms with E-state index < -0.39 is 23.0 Å². The fourth-order valence-corrected chi connectivity index (χ4v) is 2.71. The molecule has 90 valence electrons. The highest BCUT2D eigenvalue weighted by Gasteiger charge is 2.18. The molecule has 0 aliphatic rings. The second kappa shape index (κ2) is 4.10. The molecule has 5 heteroatoms. The predicted molar refractivity (Wildman–Crippen MR) is 64.9 cm³/mol. The lowest BCUT2D eigenvalue weighted by Crippen LogP contribution is -1.93. The lowest BCUT2D eigenvalue weighted by molar-refractivity contribution is 0.499. The molecule has 0 aliphatic heterocycles. The van der Waals surface area contributed by atoms with E-state index in [4.69, 9.17) is 0 Å². The number of thiazole rings is 1. The fraction of sp³-hybridized carbons (Fsp3) is 0. The molecular weight excluding hydrogens is 259 g/mol. The van der Waals surface area contributed by atoms with E-state index in [2.05, 4.69) is 4.98 Å². The molecular formula is C13H6F3NS. The number of nitrogens with zero attached hydrogens (tertiary/aromatic N) is 1. The van der Waals surface area contributed by atoms with Crippen molar-refractivity contribution in [1.82, 2.24) is 4.98 Å². The Morgan fingerprint density at radius 2 is 1.61 bits per heavy atom. The van der Waals surface area contributed by atoms with Crippen LogP contribution in [0.3, 0.4) is 0 Å². The fourth-order valence-electron chi connectivity index (χ4n) is 1.70. The Morgan fingerprint density at radius 1 is 0.889 bits per heavy atom. The number of benzene rings is 2. The molecule has 1 nitrogen and oxygen atoms in total. The zero-order chi connectivity index (χ0) is 12.7. The number of fused-ring (bicyclic) bond motifs is 1. The maximum absolute atomic E-state index is 13.6. The van der Waals surface area contributed by atoms with Crippen LogP contribution >= 0.6 is 11.3 Å². The minimum absolute atomic E-state index is 0.144. The highest BCUT2D eigenvalue weighted by molar-refractivity contribution is 7.21.